The molecule has 1 atom stereocenters. The smallest absolute Gasteiger partial charge is 0.252 e. The molecule has 0 aliphatic rings. The van der Waals surface area contributed by atoms with Crippen LogP contribution in [0.2, 0.25) is 0 Å². The van der Waals surface area contributed by atoms with Crippen LogP contribution < -0.4 is 9.62 Å². The van der Waals surface area contributed by atoms with E-state index >= 15 is 0 Å². The Hall–Kier alpha value is -3.97. The van der Waals surface area contributed by atoms with E-state index in [4.69, 9.17) is 0 Å². The van der Waals surface area contributed by atoms with Gasteiger partial charge in [-0.05, 0) is 65.6 Å². The number of aryl methyl sites for hydroxylation is 1. The predicted octanol–water partition coefficient (Wildman–Crippen LogP) is 5.62. The molecule has 1 N–H and O–H groups in total. The second-order valence-corrected chi connectivity index (χ2v) is 10.5. The molecule has 184 valence electrons. The molecule has 0 radical (unpaired) electrons. The molecule has 1 amide bonds. The summed E-state index contributed by atoms with van der Waals surface area (Å²) in [6.45, 7) is 2.06. The summed E-state index contributed by atoms with van der Waals surface area (Å²) in [4.78, 5) is 13.2. The lowest BCUT2D eigenvalue weighted by atomic mass is 9.94. The molecule has 1 unspecified atom stereocenters. The number of halogens is 1. The molecule has 0 aliphatic heterocycles. The Morgan fingerprint density at radius 3 is 2.08 bits per heavy atom. The standard InChI is InChI=1S/C29H27FN2O3S/c1-21-8-6-7-11-27(21)28(23-9-4-3-5-10-23)31-29(33)24-14-18-26(19-15-24)32(36(2,34)35)20-22-12-16-25(30)17-13-22/h3-19,28H,20H2,1-2H3,(H,31,33). The van der Waals surface area contributed by atoms with Crippen LogP contribution in [0.15, 0.2) is 103 Å². The van der Waals surface area contributed by atoms with E-state index in [-0.39, 0.29) is 24.3 Å². The lowest BCUT2D eigenvalue weighted by Gasteiger charge is -2.23. The van der Waals surface area contributed by atoms with Crippen molar-refractivity contribution in [2.24, 2.45) is 0 Å². The molecule has 0 fully saturated rings. The van der Waals surface area contributed by atoms with Crippen LogP contribution in [0, 0.1) is 12.7 Å². The molecule has 0 aromatic heterocycles. The highest BCUT2D eigenvalue weighted by Gasteiger charge is 2.21. The molecule has 0 spiro atoms. The van der Waals surface area contributed by atoms with Gasteiger partial charge < -0.3 is 5.32 Å². The van der Waals surface area contributed by atoms with Gasteiger partial charge in [0.15, 0.2) is 0 Å². The minimum absolute atomic E-state index is 0.0496. The lowest BCUT2D eigenvalue weighted by Crippen LogP contribution is -2.30. The van der Waals surface area contributed by atoms with Gasteiger partial charge in [0.05, 0.1) is 24.5 Å². The first-order valence-electron chi connectivity index (χ1n) is 11.5. The number of carbonyl (C=O) groups is 1. The number of amides is 1. The summed E-state index contributed by atoms with van der Waals surface area (Å²) in [6.07, 6.45) is 1.11. The zero-order chi connectivity index (χ0) is 25.7. The second-order valence-electron chi connectivity index (χ2n) is 8.62. The molecule has 36 heavy (non-hydrogen) atoms. The van der Waals surface area contributed by atoms with Gasteiger partial charge in [0, 0.05) is 5.56 Å². The largest absolute Gasteiger partial charge is 0.341 e. The fourth-order valence-corrected chi connectivity index (χ4v) is 4.93. The molecule has 5 nitrogen and oxygen atoms in total. The number of nitrogens with one attached hydrogen (secondary N) is 1. The average molecular weight is 503 g/mol. The van der Waals surface area contributed by atoms with E-state index < -0.39 is 10.0 Å². The van der Waals surface area contributed by atoms with Crippen LogP contribution in [0.25, 0.3) is 0 Å². The molecule has 4 aromatic carbocycles. The number of rotatable bonds is 8. The first kappa shape index (κ1) is 25.1. The maximum Gasteiger partial charge on any atom is 0.252 e. The Kier molecular flexibility index (Phi) is 7.50. The summed E-state index contributed by atoms with van der Waals surface area (Å²) in [7, 11) is -3.62. The molecule has 0 heterocycles. The Morgan fingerprint density at radius 2 is 1.47 bits per heavy atom. The number of anilines is 1. The topological polar surface area (TPSA) is 66.5 Å². The van der Waals surface area contributed by atoms with Crippen molar-refractivity contribution < 1.29 is 17.6 Å². The highest BCUT2D eigenvalue weighted by molar-refractivity contribution is 7.92. The van der Waals surface area contributed by atoms with Gasteiger partial charge in [0.2, 0.25) is 10.0 Å². The van der Waals surface area contributed by atoms with E-state index in [0.717, 1.165) is 22.9 Å². The van der Waals surface area contributed by atoms with Crippen molar-refractivity contribution in [1.82, 2.24) is 5.32 Å². The van der Waals surface area contributed by atoms with Crippen LogP contribution in [0.4, 0.5) is 10.1 Å². The summed E-state index contributed by atoms with van der Waals surface area (Å²) >= 11 is 0. The van der Waals surface area contributed by atoms with Gasteiger partial charge in [0.25, 0.3) is 5.91 Å². The fraction of sp³-hybridized carbons (Fsp3) is 0.138. The second kappa shape index (κ2) is 10.7. The summed E-state index contributed by atoms with van der Waals surface area (Å²) in [5, 5.41) is 3.12. The number of carbonyl (C=O) groups excluding carboxylic acids is 1. The van der Waals surface area contributed by atoms with Gasteiger partial charge in [-0.15, -0.1) is 0 Å². The summed E-state index contributed by atoms with van der Waals surface area (Å²) < 4.78 is 39.5. The molecular weight excluding hydrogens is 475 g/mol. The number of nitrogens with zero attached hydrogens (tertiary/aromatic N) is 1. The molecule has 7 heteroatoms. The maximum absolute atomic E-state index is 13.3. The van der Waals surface area contributed by atoms with E-state index in [9.17, 15) is 17.6 Å². The highest BCUT2D eigenvalue weighted by atomic mass is 32.2. The fourth-order valence-electron chi connectivity index (χ4n) is 4.05. The third-order valence-corrected chi connectivity index (χ3v) is 7.11. The zero-order valence-corrected chi connectivity index (χ0v) is 20.9. The van der Waals surface area contributed by atoms with Crippen molar-refractivity contribution in [3.63, 3.8) is 0 Å². The maximum atomic E-state index is 13.3. The number of hydrogen-bond acceptors (Lipinski definition) is 3. The highest BCUT2D eigenvalue weighted by Crippen LogP contribution is 2.26. The quantitative estimate of drug-likeness (QED) is 0.340. The minimum Gasteiger partial charge on any atom is -0.341 e. The monoisotopic (exact) mass is 502 g/mol. The first-order chi connectivity index (χ1) is 17.2. The third-order valence-electron chi connectivity index (χ3n) is 5.97. The van der Waals surface area contributed by atoms with Crippen LogP contribution in [0.1, 0.15) is 38.7 Å². The van der Waals surface area contributed by atoms with Gasteiger partial charge in [-0.1, -0.05) is 66.7 Å². The molecule has 0 saturated carbocycles. The van der Waals surface area contributed by atoms with Crippen LogP contribution in [-0.2, 0) is 16.6 Å². The van der Waals surface area contributed by atoms with Crippen molar-refractivity contribution in [2.45, 2.75) is 19.5 Å². The van der Waals surface area contributed by atoms with Crippen molar-refractivity contribution in [3.05, 3.63) is 137 Å². The predicted molar refractivity (Wildman–Crippen MR) is 141 cm³/mol. The molecule has 4 rings (SSSR count). The van der Waals surface area contributed by atoms with Crippen LogP contribution >= 0.6 is 0 Å². The van der Waals surface area contributed by atoms with Crippen LogP contribution in [-0.4, -0.2) is 20.6 Å². The van der Waals surface area contributed by atoms with E-state index in [0.29, 0.717) is 16.8 Å². The Bertz CT molecular complexity index is 1440. The van der Waals surface area contributed by atoms with E-state index in [1.54, 1.807) is 36.4 Å². The first-order valence-corrected chi connectivity index (χ1v) is 13.3. The van der Waals surface area contributed by atoms with Crippen molar-refractivity contribution in [2.75, 3.05) is 10.6 Å². The molecule has 0 saturated heterocycles. The van der Waals surface area contributed by atoms with E-state index in [2.05, 4.69) is 5.32 Å². The minimum atomic E-state index is -3.62. The average Bonchev–Trinajstić information content (AvgIpc) is 2.87. The van der Waals surface area contributed by atoms with Gasteiger partial charge >= 0.3 is 0 Å². The van der Waals surface area contributed by atoms with Crippen molar-refractivity contribution in [3.8, 4) is 0 Å². The van der Waals surface area contributed by atoms with Gasteiger partial charge in [-0.25, -0.2) is 12.8 Å². The normalized spacial score (nSPS) is 12.1. The molecular formula is C29H27FN2O3S. The molecule has 0 bridgehead atoms. The zero-order valence-electron chi connectivity index (χ0n) is 20.1. The number of sulfonamides is 1. The third kappa shape index (κ3) is 5.98. The van der Waals surface area contributed by atoms with Gasteiger partial charge in [0.1, 0.15) is 5.82 Å². The lowest BCUT2D eigenvalue weighted by molar-refractivity contribution is 0.0943. The summed E-state index contributed by atoms with van der Waals surface area (Å²) in [5.74, 6) is -0.664. The summed E-state index contributed by atoms with van der Waals surface area (Å²) in [6, 6.07) is 29.4. The molecule has 4 aromatic rings. The summed E-state index contributed by atoms with van der Waals surface area (Å²) in [5.41, 5.74) is 4.48. The number of hydrogen-bond donors (Lipinski definition) is 1. The SMILES string of the molecule is Cc1ccccc1C(NC(=O)c1ccc(N(Cc2ccc(F)cc2)S(C)(=O)=O)cc1)c1ccccc1. The van der Waals surface area contributed by atoms with Crippen molar-refractivity contribution in [1.29, 1.82) is 0 Å². The Labute approximate surface area is 211 Å². The van der Waals surface area contributed by atoms with Gasteiger partial charge in [-0.2, -0.15) is 0 Å². The van der Waals surface area contributed by atoms with E-state index in [1.807, 2.05) is 61.5 Å². The number of benzene rings is 4. The Morgan fingerprint density at radius 1 is 0.861 bits per heavy atom. The van der Waals surface area contributed by atoms with Gasteiger partial charge in [-0.3, -0.25) is 9.10 Å². The Balaban J connectivity index is 1.58. The van der Waals surface area contributed by atoms with Crippen LogP contribution in [0.5, 0.6) is 0 Å². The van der Waals surface area contributed by atoms with Crippen molar-refractivity contribution >= 4 is 21.6 Å². The molecule has 0 aliphatic carbocycles. The van der Waals surface area contributed by atoms with E-state index in [1.165, 1.54) is 16.4 Å². The van der Waals surface area contributed by atoms with Crippen LogP contribution in [0.3, 0.4) is 0 Å².